The maximum absolute atomic E-state index is 12.5. The van der Waals surface area contributed by atoms with Crippen LogP contribution >= 0.6 is 11.3 Å². The molecule has 1 amide bonds. The zero-order valence-corrected chi connectivity index (χ0v) is 16.5. The minimum Gasteiger partial charge on any atom is -0.481 e. The normalized spacial score (nSPS) is 13.3. The molecule has 0 atom stereocenters. The van der Waals surface area contributed by atoms with Gasteiger partial charge in [0.25, 0.3) is 5.56 Å². The van der Waals surface area contributed by atoms with E-state index in [2.05, 4.69) is 20.3 Å². The molecule has 8 heteroatoms. The number of fused-ring (bicyclic) bond motifs is 3. The number of ether oxygens (including phenoxy) is 1. The fourth-order valence-electron chi connectivity index (χ4n) is 3.48. The second kappa shape index (κ2) is 8.10. The van der Waals surface area contributed by atoms with Crippen LogP contribution in [0.5, 0.6) is 5.88 Å². The van der Waals surface area contributed by atoms with Crippen molar-refractivity contribution in [3.05, 3.63) is 50.5 Å². The molecule has 0 radical (unpaired) electrons. The second-order valence-corrected chi connectivity index (χ2v) is 7.97. The van der Waals surface area contributed by atoms with Crippen molar-refractivity contribution in [3.8, 4) is 5.88 Å². The lowest BCUT2D eigenvalue weighted by atomic mass is 9.97. The number of H-pyrrole nitrogens is 1. The van der Waals surface area contributed by atoms with E-state index in [9.17, 15) is 9.59 Å². The van der Waals surface area contributed by atoms with E-state index >= 15 is 0 Å². The zero-order valence-electron chi connectivity index (χ0n) is 15.7. The molecule has 3 heterocycles. The Bertz CT molecular complexity index is 1060. The number of carbonyl (C=O) groups excluding carboxylic acids is 1. The van der Waals surface area contributed by atoms with Crippen LogP contribution in [0.4, 0.5) is 0 Å². The summed E-state index contributed by atoms with van der Waals surface area (Å²) >= 11 is 1.62. The van der Waals surface area contributed by atoms with Crippen molar-refractivity contribution in [1.82, 2.24) is 20.3 Å². The van der Waals surface area contributed by atoms with E-state index in [4.69, 9.17) is 4.74 Å². The van der Waals surface area contributed by atoms with Crippen molar-refractivity contribution in [3.63, 3.8) is 0 Å². The average molecular weight is 398 g/mol. The molecule has 0 saturated carbocycles. The lowest BCUT2D eigenvalue weighted by Gasteiger charge is -2.09. The number of hydrogen-bond acceptors (Lipinski definition) is 6. The molecular weight excluding hydrogens is 376 g/mol. The van der Waals surface area contributed by atoms with Crippen LogP contribution in [0, 0.1) is 0 Å². The number of methoxy groups -OCH3 is 1. The van der Waals surface area contributed by atoms with E-state index in [1.54, 1.807) is 30.7 Å². The Kier molecular flexibility index (Phi) is 5.38. The lowest BCUT2D eigenvalue weighted by Crippen LogP contribution is -2.24. The van der Waals surface area contributed by atoms with Crippen LogP contribution in [0.2, 0.25) is 0 Å². The van der Waals surface area contributed by atoms with E-state index in [1.165, 1.54) is 16.9 Å². The summed E-state index contributed by atoms with van der Waals surface area (Å²) in [5.74, 6) is 1.01. The standard InChI is InChI=1S/C20H22N4O3S/c1-27-17-9-6-12(11-22-17)10-21-16(25)8-7-15-23-19(26)18-13-4-2-3-5-14(13)28-20(18)24-15/h6,9,11H,2-5,7-8,10H2,1H3,(H,21,25)(H,23,24,26). The van der Waals surface area contributed by atoms with E-state index in [-0.39, 0.29) is 17.9 Å². The lowest BCUT2D eigenvalue weighted by molar-refractivity contribution is -0.121. The molecule has 0 unspecified atom stereocenters. The predicted octanol–water partition coefficient (Wildman–Crippen LogP) is 2.52. The molecular formula is C20H22N4O3S. The fourth-order valence-corrected chi connectivity index (χ4v) is 4.76. The summed E-state index contributed by atoms with van der Waals surface area (Å²) in [6.45, 7) is 0.399. The number of nitrogens with one attached hydrogen (secondary N) is 2. The molecule has 0 saturated heterocycles. The smallest absolute Gasteiger partial charge is 0.259 e. The van der Waals surface area contributed by atoms with Gasteiger partial charge >= 0.3 is 0 Å². The summed E-state index contributed by atoms with van der Waals surface area (Å²) in [7, 11) is 1.56. The average Bonchev–Trinajstić information content (AvgIpc) is 3.10. The third-order valence-corrected chi connectivity index (χ3v) is 6.15. The number of hydrogen-bond donors (Lipinski definition) is 2. The highest BCUT2D eigenvalue weighted by molar-refractivity contribution is 7.18. The van der Waals surface area contributed by atoms with Crippen LogP contribution < -0.4 is 15.6 Å². The Morgan fingerprint density at radius 1 is 1.32 bits per heavy atom. The maximum Gasteiger partial charge on any atom is 0.259 e. The maximum atomic E-state index is 12.5. The summed E-state index contributed by atoms with van der Waals surface area (Å²) in [5.41, 5.74) is 1.99. The first-order chi connectivity index (χ1) is 13.6. The Morgan fingerprint density at radius 3 is 2.96 bits per heavy atom. The Morgan fingerprint density at radius 2 is 2.18 bits per heavy atom. The van der Waals surface area contributed by atoms with Crippen LogP contribution in [-0.4, -0.2) is 28.0 Å². The number of aryl methyl sites for hydroxylation is 3. The van der Waals surface area contributed by atoms with Gasteiger partial charge in [0.05, 0.1) is 12.5 Å². The molecule has 4 rings (SSSR count). The molecule has 1 aliphatic carbocycles. The monoisotopic (exact) mass is 398 g/mol. The number of thiophene rings is 1. The van der Waals surface area contributed by atoms with E-state index < -0.39 is 0 Å². The van der Waals surface area contributed by atoms with Crippen LogP contribution in [0.15, 0.2) is 23.1 Å². The minimum atomic E-state index is -0.0935. The van der Waals surface area contributed by atoms with Gasteiger partial charge in [-0.3, -0.25) is 9.59 Å². The number of aromatic amines is 1. The summed E-state index contributed by atoms with van der Waals surface area (Å²) in [6.07, 6.45) is 6.64. The van der Waals surface area contributed by atoms with Gasteiger partial charge in [-0.15, -0.1) is 11.3 Å². The predicted molar refractivity (Wildman–Crippen MR) is 108 cm³/mol. The first kappa shape index (κ1) is 18.6. The number of rotatable bonds is 6. The number of amides is 1. The first-order valence-electron chi connectivity index (χ1n) is 9.43. The highest BCUT2D eigenvalue weighted by Gasteiger charge is 2.19. The van der Waals surface area contributed by atoms with Crippen molar-refractivity contribution in [1.29, 1.82) is 0 Å². The molecule has 3 aromatic rings. The largest absolute Gasteiger partial charge is 0.481 e. The summed E-state index contributed by atoms with van der Waals surface area (Å²) < 4.78 is 5.02. The molecule has 0 spiro atoms. The van der Waals surface area contributed by atoms with Gasteiger partial charge in [-0.2, -0.15) is 0 Å². The van der Waals surface area contributed by atoms with Crippen LogP contribution in [0.1, 0.15) is 41.1 Å². The molecule has 146 valence electrons. The Balaban J connectivity index is 1.38. The van der Waals surface area contributed by atoms with E-state index in [0.29, 0.717) is 24.7 Å². The molecule has 1 aliphatic rings. The Labute approximate surface area is 166 Å². The van der Waals surface area contributed by atoms with Gasteiger partial charge in [0.1, 0.15) is 10.7 Å². The second-order valence-electron chi connectivity index (χ2n) is 6.89. The molecule has 0 aliphatic heterocycles. The van der Waals surface area contributed by atoms with Gasteiger partial charge in [0.2, 0.25) is 11.8 Å². The van der Waals surface area contributed by atoms with Crippen molar-refractivity contribution >= 4 is 27.5 Å². The van der Waals surface area contributed by atoms with Gasteiger partial charge in [0, 0.05) is 36.5 Å². The van der Waals surface area contributed by atoms with Crippen molar-refractivity contribution in [2.75, 3.05) is 7.11 Å². The first-order valence-corrected chi connectivity index (χ1v) is 10.2. The van der Waals surface area contributed by atoms with E-state index in [1.807, 2.05) is 6.07 Å². The molecule has 2 N–H and O–H groups in total. The van der Waals surface area contributed by atoms with Crippen LogP contribution in [0.25, 0.3) is 10.2 Å². The third kappa shape index (κ3) is 3.91. The van der Waals surface area contributed by atoms with Gasteiger partial charge in [-0.25, -0.2) is 9.97 Å². The minimum absolute atomic E-state index is 0.0795. The van der Waals surface area contributed by atoms with Crippen LogP contribution in [-0.2, 0) is 30.6 Å². The molecule has 0 aromatic carbocycles. The van der Waals surface area contributed by atoms with Crippen molar-refractivity contribution < 1.29 is 9.53 Å². The topological polar surface area (TPSA) is 97.0 Å². The number of pyridine rings is 1. The summed E-state index contributed by atoms with van der Waals surface area (Å²) in [5, 5.41) is 3.61. The molecule has 3 aromatic heterocycles. The van der Waals surface area contributed by atoms with Crippen molar-refractivity contribution in [2.24, 2.45) is 0 Å². The molecule has 0 bridgehead atoms. The molecule has 0 fully saturated rings. The van der Waals surface area contributed by atoms with Gasteiger partial charge in [0.15, 0.2) is 0 Å². The number of nitrogens with zero attached hydrogens (tertiary/aromatic N) is 2. The number of carbonyl (C=O) groups is 1. The highest BCUT2D eigenvalue weighted by atomic mass is 32.1. The summed E-state index contributed by atoms with van der Waals surface area (Å²) in [6, 6.07) is 3.61. The molecule has 7 nitrogen and oxygen atoms in total. The highest BCUT2D eigenvalue weighted by Crippen LogP contribution is 2.33. The number of aromatic nitrogens is 3. The molecule has 28 heavy (non-hydrogen) atoms. The van der Waals surface area contributed by atoms with Crippen molar-refractivity contribution in [2.45, 2.75) is 45.1 Å². The van der Waals surface area contributed by atoms with E-state index in [0.717, 1.165) is 35.0 Å². The fraction of sp³-hybridized carbons (Fsp3) is 0.400. The van der Waals surface area contributed by atoms with Gasteiger partial charge < -0.3 is 15.0 Å². The van der Waals surface area contributed by atoms with Gasteiger partial charge in [-0.1, -0.05) is 6.07 Å². The quantitative estimate of drug-likeness (QED) is 0.665. The SMILES string of the molecule is COc1ccc(CNC(=O)CCc2nc3sc4c(c3c(=O)[nH]2)CCCC4)cn1. The zero-order chi connectivity index (χ0) is 19.5. The van der Waals surface area contributed by atoms with Crippen LogP contribution in [0.3, 0.4) is 0 Å². The van der Waals surface area contributed by atoms with Gasteiger partial charge in [-0.05, 0) is 36.8 Å². The summed E-state index contributed by atoms with van der Waals surface area (Å²) in [4.78, 5) is 38.4. The Hall–Kier alpha value is -2.74. The third-order valence-electron chi connectivity index (χ3n) is 4.96.